The third-order valence-corrected chi connectivity index (χ3v) is 3.98. The molecular formula is C18H25N5O2. The maximum atomic E-state index is 12.1. The van der Waals surface area contributed by atoms with Crippen molar-refractivity contribution in [1.82, 2.24) is 20.1 Å². The lowest BCUT2D eigenvalue weighted by Gasteiger charge is -2.10. The summed E-state index contributed by atoms with van der Waals surface area (Å²) in [6.45, 7) is 4.55. The van der Waals surface area contributed by atoms with Gasteiger partial charge in [-0.1, -0.05) is 6.07 Å². The number of aryl methyl sites for hydroxylation is 1. The Hall–Kier alpha value is -2.41. The average Bonchev–Trinajstić information content (AvgIpc) is 3.36. The van der Waals surface area contributed by atoms with Gasteiger partial charge in [0, 0.05) is 32.0 Å². The summed E-state index contributed by atoms with van der Waals surface area (Å²) >= 11 is 0. The minimum Gasteiger partial charge on any atom is -0.381 e. The number of aromatic nitrogens is 3. The summed E-state index contributed by atoms with van der Waals surface area (Å²) in [5.74, 6) is 1.43. The van der Waals surface area contributed by atoms with Crippen LogP contribution in [0.5, 0.6) is 0 Å². The molecule has 0 aromatic carbocycles. The van der Waals surface area contributed by atoms with Crippen molar-refractivity contribution in [2.45, 2.75) is 32.7 Å². The second-order valence-electron chi connectivity index (χ2n) is 6.40. The molecule has 7 heteroatoms. The predicted molar refractivity (Wildman–Crippen MR) is 95.5 cm³/mol. The molecule has 0 bridgehead atoms. The minimum absolute atomic E-state index is 0.232. The highest BCUT2D eigenvalue weighted by molar-refractivity contribution is 5.88. The molecule has 25 heavy (non-hydrogen) atoms. The van der Waals surface area contributed by atoms with E-state index in [4.69, 9.17) is 4.74 Å². The van der Waals surface area contributed by atoms with Crippen molar-refractivity contribution in [3.05, 3.63) is 41.9 Å². The van der Waals surface area contributed by atoms with Crippen LogP contribution in [0.25, 0.3) is 0 Å². The van der Waals surface area contributed by atoms with Gasteiger partial charge in [-0.15, -0.1) is 0 Å². The van der Waals surface area contributed by atoms with E-state index in [-0.39, 0.29) is 6.03 Å². The Labute approximate surface area is 147 Å². The van der Waals surface area contributed by atoms with E-state index in [1.54, 1.807) is 10.9 Å². The largest absolute Gasteiger partial charge is 0.381 e. The fourth-order valence-electron chi connectivity index (χ4n) is 2.48. The molecule has 0 spiro atoms. The molecule has 2 aromatic rings. The topological polar surface area (TPSA) is 81.1 Å². The fourth-order valence-corrected chi connectivity index (χ4v) is 2.48. The molecule has 3 rings (SSSR count). The molecule has 2 N–H and O–H groups in total. The number of nitrogens with one attached hydrogen (secondary N) is 2. The molecule has 0 unspecified atom stereocenters. The lowest BCUT2D eigenvalue weighted by atomic mass is 10.3. The summed E-state index contributed by atoms with van der Waals surface area (Å²) in [5, 5.41) is 10.1. The van der Waals surface area contributed by atoms with Crippen molar-refractivity contribution < 1.29 is 9.53 Å². The van der Waals surface area contributed by atoms with Crippen molar-refractivity contribution in [3.8, 4) is 0 Å². The maximum absolute atomic E-state index is 12.1. The second kappa shape index (κ2) is 8.62. The molecule has 0 aliphatic heterocycles. The van der Waals surface area contributed by atoms with Crippen LogP contribution in [0.1, 0.15) is 30.7 Å². The number of ether oxygens (including phenoxy) is 1. The van der Waals surface area contributed by atoms with Crippen LogP contribution in [0.15, 0.2) is 30.5 Å². The molecule has 2 heterocycles. The molecule has 1 aliphatic carbocycles. The van der Waals surface area contributed by atoms with Crippen LogP contribution in [-0.4, -0.2) is 40.6 Å². The quantitative estimate of drug-likeness (QED) is 0.686. The zero-order chi connectivity index (χ0) is 17.5. The monoisotopic (exact) mass is 343 g/mol. The van der Waals surface area contributed by atoms with Crippen molar-refractivity contribution in [3.63, 3.8) is 0 Å². The number of nitrogens with zero attached hydrogens (tertiary/aromatic N) is 3. The number of anilines is 1. The van der Waals surface area contributed by atoms with Gasteiger partial charge in [0.25, 0.3) is 0 Å². The van der Waals surface area contributed by atoms with Crippen molar-refractivity contribution in [2.75, 3.05) is 25.1 Å². The highest BCUT2D eigenvalue weighted by Gasteiger charge is 2.20. The standard InChI is InChI=1S/C18H25N5O2/c1-14-11-17(23(22-14)12-16-5-2-3-8-19-16)21-18(24)20-9-4-10-25-13-15-6-7-15/h2-3,5,8,11,15H,4,6-7,9-10,12-13H2,1H3,(H2,20,21,24). The second-order valence-corrected chi connectivity index (χ2v) is 6.40. The number of hydrogen-bond acceptors (Lipinski definition) is 4. The van der Waals surface area contributed by atoms with Crippen LogP contribution in [0.4, 0.5) is 10.6 Å². The Morgan fingerprint density at radius 1 is 1.40 bits per heavy atom. The van der Waals surface area contributed by atoms with Gasteiger partial charge in [-0.05, 0) is 44.2 Å². The number of pyridine rings is 1. The first-order valence-corrected chi connectivity index (χ1v) is 8.77. The Bertz CT molecular complexity index is 682. The summed E-state index contributed by atoms with van der Waals surface area (Å²) < 4.78 is 7.30. The van der Waals surface area contributed by atoms with E-state index in [0.29, 0.717) is 25.5 Å². The smallest absolute Gasteiger partial charge is 0.320 e. The Morgan fingerprint density at radius 3 is 3.04 bits per heavy atom. The van der Waals surface area contributed by atoms with E-state index in [9.17, 15) is 4.79 Å². The maximum Gasteiger partial charge on any atom is 0.320 e. The summed E-state index contributed by atoms with van der Waals surface area (Å²) in [6, 6.07) is 7.36. The third-order valence-electron chi connectivity index (χ3n) is 3.98. The SMILES string of the molecule is Cc1cc(NC(=O)NCCCOCC2CC2)n(Cc2ccccn2)n1. The lowest BCUT2D eigenvalue weighted by Crippen LogP contribution is -2.31. The van der Waals surface area contributed by atoms with Crippen LogP contribution in [-0.2, 0) is 11.3 Å². The summed E-state index contributed by atoms with van der Waals surface area (Å²) in [7, 11) is 0. The van der Waals surface area contributed by atoms with E-state index < -0.39 is 0 Å². The molecule has 0 saturated heterocycles. The fraction of sp³-hybridized carbons (Fsp3) is 0.500. The van der Waals surface area contributed by atoms with Gasteiger partial charge in [0.05, 0.1) is 17.9 Å². The molecule has 7 nitrogen and oxygen atoms in total. The number of carbonyl (C=O) groups excluding carboxylic acids is 1. The molecular weight excluding hydrogens is 318 g/mol. The summed E-state index contributed by atoms with van der Waals surface area (Å²) in [4.78, 5) is 16.4. The zero-order valence-corrected chi connectivity index (χ0v) is 14.6. The van der Waals surface area contributed by atoms with E-state index in [1.807, 2.05) is 31.2 Å². The van der Waals surface area contributed by atoms with E-state index in [2.05, 4.69) is 20.7 Å². The molecule has 1 saturated carbocycles. The van der Waals surface area contributed by atoms with Gasteiger partial charge >= 0.3 is 6.03 Å². The Balaban J connectivity index is 1.42. The average molecular weight is 343 g/mol. The molecule has 1 aliphatic rings. The van der Waals surface area contributed by atoms with Crippen LogP contribution in [0.2, 0.25) is 0 Å². The molecule has 0 radical (unpaired) electrons. The van der Waals surface area contributed by atoms with E-state index >= 15 is 0 Å². The predicted octanol–water partition coefficient (Wildman–Crippen LogP) is 2.57. The Kier molecular flexibility index (Phi) is 6.00. The highest BCUT2D eigenvalue weighted by atomic mass is 16.5. The van der Waals surface area contributed by atoms with Crippen molar-refractivity contribution in [1.29, 1.82) is 0 Å². The highest BCUT2D eigenvalue weighted by Crippen LogP contribution is 2.28. The number of carbonyl (C=O) groups is 1. The first kappa shape index (κ1) is 17.4. The third kappa shape index (κ3) is 5.86. The van der Waals surface area contributed by atoms with Crippen molar-refractivity contribution in [2.24, 2.45) is 5.92 Å². The van der Waals surface area contributed by atoms with Crippen LogP contribution >= 0.6 is 0 Å². The number of hydrogen-bond donors (Lipinski definition) is 2. The van der Waals surface area contributed by atoms with Gasteiger partial charge in [-0.25, -0.2) is 9.48 Å². The lowest BCUT2D eigenvalue weighted by molar-refractivity contribution is 0.122. The summed E-state index contributed by atoms with van der Waals surface area (Å²) in [5.41, 5.74) is 1.74. The van der Waals surface area contributed by atoms with Crippen LogP contribution in [0, 0.1) is 12.8 Å². The first-order valence-electron chi connectivity index (χ1n) is 8.77. The molecule has 1 fully saturated rings. The minimum atomic E-state index is -0.232. The molecule has 134 valence electrons. The van der Waals surface area contributed by atoms with Gasteiger partial charge in [-0.2, -0.15) is 5.10 Å². The normalized spacial score (nSPS) is 13.6. The Morgan fingerprint density at radius 2 is 2.28 bits per heavy atom. The first-order chi connectivity index (χ1) is 12.2. The van der Waals surface area contributed by atoms with Crippen LogP contribution < -0.4 is 10.6 Å². The van der Waals surface area contributed by atoms with Crippen molar-refractivity contribution >= 4 is 11.8 Å². The van der Waals surface area contributed by atoms with E-state index in [0.717, 1.165) is 30.3 Å². The molecule has 2 amide bonds. The van der Waals surface area contributed by atoms with Gasteiger partial charge < -0.3 is 10.1 Å². The number of rotatable bonds is 9. The van der Waals surface area contributed by atoms with E-state index in [1.165, 1.54) is 12.8 Å². The summed E-state index contributed by atoms with van der Waals surface area (Å²) in [6.07, 6.45) is 5.15. The zero-order valence-electron chi connectivity index (χ0n) is 14.6. The number of urea groups is 1. The van der Waals surface area contributed by atoms with Gasteiger partial charge in [0.2, 0.25) is 0 Å². The molecule has 0 atom stereocenters. The van der Waals surface area contributed by atoms with Gasteiger partial charge in [-0.3, -0.25) is 10.3 Å². The molecule has 2 aromatic heterocycles. The van der Waals surface area contributed by atoms with Gasteiger partial charge in [0.15, 0.2) is 0 Å². The number of amides is 2. The van der Waals surface area contributed by atoms with Gasteiger partial charge in [0.1, 0.15) is 5.82 Å². The van der Waals surface area contributed by atoms with Crippen LogP contribution in [0.3, 0.4) is 0 Å².